The van der Waals surface area contributed by atoms with Crippen LogP contribution in [0.25, 0.3) is 5.69 Å². The van der Waals surface area contributed by atoms with Crippen molar-refractivity contribution in [3.63, 3.8) is 0 Å². The van der Waals surface area contributed by atoms with Crippen LogP contribution in [0.5, 0.6) is 0 Å². The van der Waals surface area contributed by atoms with Gasteiger partial charge in [-0.15, -0.1) is 10.2 Å². The number of aryl methyl sites for hydroxylation is 1. The van der Waals surface area contributed by atoms with E-state index in [1.165, 1.54) is 0 Å². The number of para-hydroxylation sites is 1. The third kappa shape index (κ3) is 3.66. The maximum Gasteiger partial charge on any atom is 0.313 e. The number of carbonyl (C=O) groups is 1. The average molecular weight is 321 g/mol. The summed E-state index contributed by atoms with van der Waals surface area (Å²) in [6.07, 6.45) is -0.226. The molecule has 1 heterocycles. The number of carboxylic acid groups (broad SMARTS) is 1. The maximum absolute atomic E-state index is 10.8. The van der Waals surface area contributed by atoms with Crippen molar-refractivity contribution in [2.75, 3.05) is 12.4 Å². The summed E-state index contributed by atoms with van der Waals surface area (Å²) in [6.45, 7) is 6.40. The van der Waals surface area contributed by atoms with E-state index in [0.29, 0.717) is 17.6 Å². The summed E-state index contributed by atoms with van der Waals surface area (Å²) in [5, 5.41) is 17.8. The highest BCUT2D eigenvalue weighted by atomic mass is 32.2. The molecule has 0 aliphatic heterocycles. The molecule has 0 spiro atoms. The quantitative estimate of drug-likeness (QED) is 0.790. The largest absolute Gasteiger partial charge is 0.481 e. The Kier molecular flexibility index (Phi) is 5.57. The summed E-state index contributed by atoms with van der Waals surface area (Å²) in [7, 11) is 0. The fraction of sp³-hybridized carbons (Fsp3) is 0.400. The Morgan fingerprint density at radius 3 is 2.77 bits per heavy atom. The SMILES string of the molecule is CCO[C@H](C)c1nnc(SCC(=O)O)n1-c1ccccc1C. The van der Waals surface area contributed by atoms with E-state index in [2.05, 4.69) is 10.2 Å². The number of aromatic nitrogens is 3. The smallest absolute Gasteiger partial charge is 0.313 e. The normalized spacial score (nSPS) is 12.3. The molecule has 0 unspecified atom stereocenters. The van der Waals surface area contributed by atoms with Gasteiger partial charge in [0.25, 0.3) is 0 Å². The van der Waals surface area contributed by atoms with Crippen molar-refractivity contribution >= 4 is 17.7 Å². The molecule has 0 aliphatic carbocycles. The van der Waals surface area contributed by atoms with Gasteiger partial charge in [0.05, 0.1) is 11.4 Å². The Morgan fingerprint density at radius 1 is 1.41 bits per heavy atom. The predicted octanol–water partition coefficient (Wildman–Crippen LogP) is 2.85. The molecule has 1 aromatic heterocycles. The van der Waals surface area contributed by atoms with Gasteiger partial charge in [-0.25, -0.2) is 0 Å². The Bertz CT molecular complexity index is 657. The number of thioether (sulfide) groups is 1. The van der Waals surface area contributed by atoms with Gasteiger partial charge in [0.1, 0.15) is 6.10 Å². The van der Waals surface area contributed by atoms with Gasteiger partial charge < -0.3 is 9.84 Å². The van der Waals surface area contributed by atoms with Crippen LogP contribution in [0.2, 0.25) is 0 Å². The lowest BCUT2D eigenvalue weighted by Crippen LogP contribution is -2.10. The van der Waals surface area contributed by atoms with Gasteiger partial charge in [0.15, 0.2) is 11.0 Å². The Morgan fingerprint density at radius 2 is 2.14 bits per heavy atom. The summed E-state index contributed by atoms with van der Waals surface area (Å²) in [5.74, 6) is -0.277. The van der Waals surface area contributed by atoms with Crippen molar-refractivity contribution in [3.8, 4) is 5.69 Å². The van der Waals surface area contributed by atoms with Gasteiger partial charge >= 0.3 is 5.97 Å². The first-order chi connectivity index (χ1) is 10.5. The van der Waals surface area contributed by atoms with Crippen molar-refractivity contribution in [1.82, 2.24) is 14.8 Å². The monoisotopic (exact) mass is 321 g/mol. The first kappa shape index (κ1) is 16.5. The third-order valence-corrected chi connectivity index (χ3v) is 4.03. The fourth-order valence-electron chi connectivity index (χ4n) is 2.13. The lowest BCUT2D eigenvalue weighted by Gasteiger charge is -2.16. The molecular weight excluding hydrogens is 302 g/mol. The van der Waals surface area contributed by atoms with E-state index in [1.54, 1.807) is 0 Å². The Balaban J connectivity index is 2.48. The maximum atomic E-state index is 10.8. The van der Waals surface area contributed by atoms with Crippen LogP contribution >= 0.6 is 11.8 Å². The fourth-order valence-corrected chi connectivity index (χ4v) is 2.80. The lowest BCUT2D eigenvalue weighted by molar-refractivity contribution is -0.133. The highest BCUT2D eigenvalue weighted by Crippen LogP contribution is 2.27. The van der Waals surface area contributed by atoms with E-state index < -0.39 is 5.97 Å². The van der Waals surface area contributed by atoms with Crippen molar-refractivity contribution < 1.29 is 14.6 Å². The van der Waals surface area contributed by atoms with Crippen LogP contribution in [0.15, 0.2) is 29.4 Å². The zero-order valence-electron chi connectivity index (χ0n) is 12.8. The summed E-state index contributed by atoms with van der Waals surface area (Å²) in [5.41, 5.74) is 1.99. The molecule has 1 atom stereocenters. The number of aliphatic carboxylic acids is 1. The zero-order valence-corrected chi connectivity index (χ0v) is 13.6. The number of carboxylic acids is 1. The van der Waals surface area contributed by atoms with Gasteiger partial charge in [-0.05, 0) is 32.4 Å². The highest BCUT2D eigenvalue weighted by Gasteiger charge is 2.21. The second-order valence-electron chi connectivity index (χ2n) is 4.74. The molecule has 1 aromatic carbocycles. The van der Waals surface area contributed by atoms with Crippen LogP contribution < -0.4 is 0 Å². The molecule has 2 aromatic rings. The first-order valence-corrected chi connectivity index (χ1v) is 8.00. The zero-order chi connectivity index (χ0) is 16.1. The van der Waals surface area contributed by atoms with E-state index in [0.717, 1.165) is 23.0 Å². The lowest BCUT2D eigenvalue weighted by atomic mass is 10.2. The van der Waals surface area contributed by atoms with Crippen molar-refractivity contribution in [2.24, 2.45) is 0 Å². The molecule has 1 N–H and O–H groups in total. The summed E-state index contributed by atoms with van der Waals surface area (Å²) < 4.78 is 7.50. The van der Waals surface area contributed by atoms with Crippen LogP contribution in [0.3, 0.4) is 0 Å². The van der Waals surface area contributed by atoms with E-state index in [4.69, 9.17) is 9.84 Å². The minimum absolute atomic E-state index is 0.0625. The Hall–Kier alpha value is -1.86. The average Bonchev–Trinajstić information content (AvgIpc) is 2.89. The summed E-state index contributed by atoms with van der Waals surface area (Å²) in [6, 6.07) is 7.85. The van der Waals surface area contributed by atoms with E-state index in [-0.39, 0.29) is 11.9 Å². The van der Waals surface area contributed by atoms with E-state index in [1.807, 2.05) is 49.6 Å². The number of benzene rings is 1. The standard InChI is InChI=1S/C15H19N3O3S/c1-4-21-11(3)14-16-17-15(22-9-13(19)20)18(14)12-8-6-5-7-10(12)2/h5-8,11H,4,9H2,1-3H3,(H,19,20)/t11-/m1/s1. The van der Waals surface area contributed by atoms with Crippen LogP contribution in [0.4, 0.5) is 0 Å². The van der Waals surface area contributed by atoms with Crippen molar-refractivity contribution in [2.45, 2.75) is 32.0 Å². The molecular formula is C15H19N3O3S. The molecule has 0 radical (unpaired) electrons. The van der Waals surface area contributed by atoms with E-state index in [9.17, 15) is 4.79 Å². The number of hydrogen-bond acceptors (Lipinski definition) is 5. The van der Waals surface area contributed by atoms with Gasteiger partial charge in [-0.1, -0.05) is 30.0 Å². The van der Waals surface area contributed by atoms with Gasteiger partial charge in [0.2, 0.25) is 0 Å². The molecule has 0 saturated heterocycles. The number of ether oxygens (including phenoxy) is 1. The van der Waals surface area contributed by atoms with Gasteiger partial charge in [0, 0.05) is 6.61 Å². The molecule has 0 bridgehead atoms. The molecule has 0 saturated carbocycles. The van der Waals surface area contributed by atoms with Crippen molar-refractivity contribution in [1.29, 1.82) is 0 Å². The van der Waals surface area contributed by atoms with Crippen LogP contribution in [0.1, 0.15) is 31.3 Å². The molecule has 0 amide bonds. The molecule has 0 aliphatic rings. The Labute approximate surface area is 133 Å². The topological polar surface area (TPSA) is 77.2 Å². The summed E-state index contributed by atoms with van der Waals surface area (Å²) in [4.78, 5) is 10.8. The van der Waals surface area contributed by atoms with Crippen LogP contribution in [-0.4, -0.2) is 38.2 Å². The second-order valence-corrected chi connectivity index (χ2v) is 5.69. The van der Waals surface area contributed by atoms with Crippen LogP contribution in [0, 0.1) is 6.92 Å². The second kappa shape index (κ2) is 7.42. The van der Waals surface area contributed by atoms with Crippen LogP contribution in [-0.2, 0) is 9.53 Å². The molecule has 2 rings (SSSR count). The molecule has 22 heavy (non-hydrogen) atoms. The number of rotatable bonds is 7. The first-order valence-electron chi connectivity index (χ1n) is 7.02. The number of hydrogen-bond donors (Lipinski definition) is 1. The molecule has 0 fully saturated rings. The van der Waals surface area contributed by atoms with Gasteiger partial charge in [-0.2, -0.15) is 0 Å². The highest BCUT2D eigenvalue weighted by molar-refractivity contribution is 7.99. The minimum Gasteiger partial charge on any atom is -0.481 e. The van der Waals surface area contributed by atoms with Crippen molar-refractivity contribution in [3.05, 3.63) is 35.7 Å². The predicted molar refractivity (Wildman–Crippen MR) is 84.5 cm³/mol. The minimum atomic E-state index is -0.885. The third-order valence-electron chi connectivity index (χ3n) is 3.12. The molecule has 118 valence electrons. The summed E-state index contributed by atoms with van der Waals surface area (Å²) >= 11 is 1.15. The van der Waals surface area contributed by atoms with E-state index >= 15 is 0 Å². The number of nitrogens with zero attached hydrogens (tertiary/aromatic N) is 3. The molecule has 7 heteroatoms. The van der Waals surface area contributed by atoms with Gasteiger partial charge in [-0.3, -0.25) is 9.36 Å². The molecule has 6 nitrogen and oxygen atoms in total.